The second-order valence-electron chi connectivity index (χ2n) is 9.06. The number of esters is 1. The number of rotatable bonds is 5. The minimum absolute atomic E-state index is 0.148. The lowest BCUT2D eigenvalue weighted by Gasteiger charge is -2.45. The Hall–Kier alpha value is -2.86. The van der Waals surface area contributed by atoms with Crippen molar-refractivity contribution in [2.45, 2.75) is 63.5 Å². The van der Waals surface area contributed by atoms with Gasteiger partial charge >= 0.3 is 12.1 Å². The monoisotopic (exact) mass is 423 g/mol. The summed E-state index contributed by atoms with van der Waals surface area (Å²) in [6.45, 7) is 6.17. The van der Waals surface area contributed by atoms with Crippen molar-refractivity contribution >= 4 is 12.1 Å². The Morgan fingerprint density at radius 3 is 2.13 bits per heavy atom. The highest BCUT2D eigenvalue weighted by Crippen LogP contribution is 2.43. The van der Waals surface area contributed by atoms with Gasteiger partial charge in [-0.1, -0.05) is 60.7 Å². The first kappa shape index (κ1) is 21.4. The maximum Gasteiger partial charge on any atom is 0.411 e. The van der Waals surface area contributed by atoms with Crippen molar-refractivity contribution in [2.75, 3.05) is 6.61 Å². The van der Waals surface area contributed by atoms with E-state index >= 15 is 0 Å². The zero-order chi connectivity index (χ0) is 22.0. The minimum atomic E-state index is -0.732. The van der Waals surface area contributed by atoms with Crippen LogP contribution >= 0.6 is 0 Å². The molecule has 6 heteroatoms. The van der Waals surface area contributed by atoms with Crippen molar-refractivity contribution in [1.29, 1.82) is 0 Å². The lowest BCUT2D eigenvalue weighted by Crippen LogP contribution is -2.55. The average molecular weight is 424 g/mol. The second kappa shape index (κ2) is 8.71. The molecule has 4 rings (SSSR count). The van der Waals surface area contributed by atoms with Crippen molar-refractivity contribution < 1.29 is 23.8 Å². The molecule has 0 aliphatic carbocycles. The van der Waals surface area contributed by atoms with E-state index in [0.29, 0.717) is 19.4 Å². The lowest BCUT2D eigenvalue weighted by atomic mass is 9.90. The number of hydrogen-bond donors (Lipinski definition) is 0. The van der Waals surface area contributed by atoms with Crippen molar-refractivity contribution in [2.24, 2.45) is 0 Å². The van der Waals surface area contributed by atoms with Gasteiger partial charge in [-0.05, 0) is 44.7 Å². The third kappa shape index (κ3) is 5.07. The van der Waals surface area contributed by atoms with Gasteiger partial charge in [0.05, 0.1) is 12.7 Å². The maximum atomic E-state index is 13.5. The topological polar surface area (TPSA) is 68.4 Å². The zero-order valence-electron chi connectivity index (χ0n) is 18.2. The molecule has 1 amide bonds. The minimum Gasteiger partial charge on any atom is -0.453 e. The van der Waals surface area contributed by atoms with Crippen LogP contribution in [-0.4, -0.2) is 41.3 Å². The van der Waals surface area contributed by atoms with E-state index in [4.69, 9.17) is 14.2 Å². The first-order valence-electron chi connectivity index (χ1n) is 10.8. The molecule has 2 aliphatic heterocycles. The van der Waals surface area contributed by atoms with Crippen LogP contribution in [0.1, 0.15) is 56.9 Å². The fraction of sp³-hybridized carbons (Fsp3) is 0.440. The molecule has 2 saturated heterocycles. The molecular weight excluding hydrogens is 394 g/mol. The lowest BCUT2D eigenvalue weighted by molar-refractivity contribution is -0.174. The number of morpholine rings is 1. The largest absolute Gasteiger partial charge is 0.453 e. The van der Waals surface area contributed by atoms with Crippen LogP contribution in [0.5, 0.6) is 0 Å². The van der Waals surface area contributed by atoms with Gasteiger partial charge in [0, 0.05) is 0 Å². The summed E-state index contributed by atoms with van der Waals surface area (Å²) < 4.78 is 17.1. The first-order valence-corrected chi connectivity index (χ1v) is 10.8. The molecule has 164 valence electrons. The summed E-state index contributed by atoms with van der Waals surface area (Å²) in [6.07, 6.45) is 0.164. The zero-order valence-corrected chi connectivity index (χ0v) is 18.2. The number of benzene rings is 2. The van der Waals surface area contributed by atoms with E-state index < -0.39 is 35.9 Å². The number of carbonyl (C=O) groups is 2. The molecule has 0 radical (unpaired) electrons. The molecule has 2 fully saturated rings. The van der Waals surface area contributed by atoms with Crippen LogP contribution in [-0.2, 0) is 19.0 Å². The smallest absolute Gasteiger partial charge is 0.411 e. The van der Waals surface area contributed by atoms with E-state index in [1.807, 2.05) is 81.4 Å². The van der Waals surface area contributed by atoms with E-state index in [1.54, 1.807) is 4.90 Å². The third-order valence-corrected chi connectivity index (χ3v) is 5.48. The van der Waals surface area contributed by atoms with E-state index in [1.165, 1.54) is 0 Å². The molecule has 0 bridgehead atoms. The van der Waals surface area contributed by atoms with Gasteiger partial charge in [0.1, 0.15) is 17.7 Å². The second-order valence-corrected chi connectivity index (χ2v) is 9.06. The molecule has 6 nitrogen and oxygen atoms in total. The van der Waals surface area contributed by atoms with Crippen LogP contribution in [0.2, 0.25) is 0 Å². The molecule has 0 spiro atoms. The Bertz CT molecular complexity index is 905. The summed E-state index contributed by atoms with van der Waals surface area (Å²) in [5.74, 6) is -0.410. The van der Waals surface area contributed by atoms with E-state index in [9.17, 15) is 9.59 Å². The van der Waals surface area contributed by atoms with Gasteiger partial charge in [0.25, 0.3) is 0 Å². The molecule has 2 heterocycles. The van der Waals surface area contributed by atoms with Crippen molar-refractivity contribution in [3.05, 3.63) is 71.8 Å². The highest BCUT2D eigenvalue weighted by atomic mass is 16.6. The fourth-order valence-electron chi connectivity index (χ4n) is 3.99. The van der Waals surface area contributed by atoms with Gasteiger partial charge in [0.15, 0.2) is 6.10 Å². The number of amides is 1. The van der Waals surface area contributed by atoms with E-state index in [2.05, 4.69) is 0 Å². The summed E-state index contributed by atoms with van der Waals surface area (Å²) >= 11 is 0. The standard InChI is InChI=1S/C25H29NO5/c1-25(2,3)31-24(28)26-20(15-14-19-16-29-19)23(27)30-22(18-12-8-5-9-13-18)21(26)17-10-6-4-7-11-17/h4-13,19-22H,14-16H2,1-3H3/t19-,20-,21-,22+/m0/s1. The van der Waals surface area contributed by atoms with Gasteiger partial charge < -0.3 is 14.2 Å². The Morgan fingerprint density at radius 1 is 1.00 bits per heavy atom. The summed E-state index contributed by atoms with van der Waals surface area (Å²) in [5.41, 5.74) is 1.04. The van der Waals surface area contributed by atoms with Gasteiger partial charge in [-0.3, -0.25) is 4.90 Å². The molecule has 2 aromatic carbocycles. The van der Waals surface area contributed by atoms with Gasteiger partial charge in [-0.25, -0.2) is 9.59 Å². The Kier molecular flexibility index (Phi) is 6.01. The van der Waals surface area contributed by atoms with Crippen LogP contribution in [0.15, 0.2) is 60.7 Å². The van der Waals surface area contributed by atoms with Crippen molar-refractivity contribution in [1.82, 2.24) is 4.90 Å². The number of cyclic esters (lactones) is 1. The van der Waals surface area contributed by atoms with Crippen molar-refractivity contribution in [3.8, 4) is 0 Å². The molecule has 31 heavy (non-hydrogen) atoms. The Labute approximate surface area is 183 Å². The van der Waals surface area contributed by atoms with Crippen molar-refractivity contribution in [3.63, 3.8) is 0 Å². The summed E-state index contributed by atoms with van der Waals surface area (Å²) in [5, 5.41) is 0. The van der Waals surface area contributed by atoms with Gasteiger partial charge in [0.2, 0.25) is 0 Å². The van der Waals surface area contributed by atoms with Crippen LogP contribution in [0, 0.1) is 0 Å². The van der Waals surface area contributed by atoms with E-state index in [0.717, 1.165) is 11.1 Å². The van der Waals surface area contributed by atoms with Crippen LogP contribution < -0.4 is 0 Å². The van der Waals surface area contributed by atoms with Crippen LogP contribution in [0.3, 0.4) is 0 Å². The average Bonchev–Trinajstić information content (AvgIpc) is 3.56. The van der Waals surface area contributed by atoms with Gasteiger partial charge in [-0.2, -0.15) is 0 Å². The highest BCUT2D eigenvalue weighted by molar-refractivity contribution is 5.83. The maximum absolute atomic E-state index is 13.5. The molecule has 0 aromatic heterocycles. The fourth-order valence-corrected chi connectivity index (χ4v) is 3.99. The predicted molar refractivity (Wildman–Crippen MR) is 115 cm³/mol. The molecule has 0 unspecified atom stereocenters. The van der Waals surface area contributed by atoms with Crippen LogP contribution in [0.25, 0.3) is 0 Å². The number of carbonyl (C=O) groups excluding carboxylic acids is 2. The Balaban J connectivity index is 1.77. The Morgan fingerprint density at radius 2 is 1.58 bits per heavy atom. The molecule has 2 aromatic rings. The van der Waals surface area contributed by atoms with Gasteiger partial charge in [-0.15, -0.1) is 0 Å². The molecule has 0 saturated carbocycles. The number of hydrogen-bond acceptors (Lipinski definition) is 5. The first-order chi connectivity index (χ1) is 14.8. The number of ether oxygens (including phenoxy) is 3. The predicted octanol–water partition coefficient (Wildman–Crippen LogP) is 4.81. The highest BCUT2D eigenvalue weighted by Gasteiger charge is 2.49. The molecule has 4 atom stereocenters. The normalized spacial score (nSPS) is 25.6. The number of nitrogens with zero attached hydrogens (tertiary/aromatic N) is 1. The summed E-state index contributed by atoms with van der Waals surface area (Å²) in [4.78, 5) is 28.2. The van der Waals surface area contributed by atoms with Crippen LogP contribution in [0.4, 0.5) is 4.79 Å². The molecule has 0 N–H and O–H groups in total. The SMILES string of the molecule is CC(C)(C)OC(=O)N1[C@@H](CC[C@H]2CO2)C(=O)O[C@H](c2ccccc2)[C@@H]1c1ccccc1. The summed E-state index contributed by atoms with van der Waals surface area (Å²) in [6, 6.07) is 18.0. The number of epoxide rings is 1. The summed E-state index contributed by atoms with van der Waals surface area (Å²) in [7, 11) is 0. The quantitative estimate of drug-likeness (QED) is 0.510. The van der Waals surface area contributed by atoms with E-state index in [-0.39, 0.29) is 6.10 Å². The molecule has 2 aliphatic rings. The third-order valence-electron chi connectivity index (χ3n) is 5.48. The molecular formula is C25H29NO5.